The minimum absolute atomic E-state index is 0.0884. The van der Waals surface area contributed by atoms with E-state index in [2.05, 4.69) is 32.4 Å². The number of rotatable bonds is 8. The van der Waals surface area contributed by atoms with E-state index in [9.17, 15) is 18.0 Å². The SMILES string of the molecule is CC(C)c1c(C(=O)NCC(Cc2ccccc2)N(C)C)cnn1-c1ccc(C(F)(F)F)cn1. The number of halogens is 3. The Labute approximate surface area is 191 Å². The number of nitrogens with one attached hydrogen (secondary N) is 1. The molecule has 0 bridgehead atoms. The van der Waals surface area contributed by atoms with Gasteiger partial charge in [0.2, 0.25) is 0 Å². The molecule has 2 aromatic heterocycles. The quantitative estimate of drug-likeness (QED) is 0.545. The molecule has 0 saturated heterocycles. The zero-order valence-corrected chi connectivity index (χ0v) is 19.1. The predicted molar refractivity (Wildman–Crippen MR) is 120 cm³/mol. The van der Waals surface area contributed by atoms with Gasteiger partial charge in [-0.1, -0.05) is 44.2 Å². The van der Waals surface area contributed by atoms with E-state index in [4.69, 9.17) is 0 Å². The number of benzene rings is 1. The number of nitrogens with zero attached hydrogens (tertiary/aromatic N) is 4. The van der Waals surface area contributed by atoms with Gasteiger partial charge in [-0.3, -0.25) is 4.79 Å². The van der Waals surface area contributed by atoms with Gasteiger partial charge in [-0.05, 0) is 44.1 Å². The third-order valence-corrected chi connectivity index (χ3v) is 5.43. The van der Waals surface area contributed by atoms with E-state index in [0.29, 0.717) is 17.8 Å². The summed E-state index contributed by atoms with van der Waals surface area (Å²) in [5.74, 6) is -0.163. The molecular weight excluding hydrogens is 431 g/mol. The van der Waals surface area contributed by atoms with Crippen LogP contribution in [0.5, 0.6) is 0 Å². The van der Waals surface area contributed by atoms with Crippen LogP contribution in [0.3, 0.4) is 0 Å². The van der Waals surface area contributed by atoms with Crippen molar-refractivity contribution in [2.45, 2.75) is 38.4 Å². The van der Waals surface area contributed by atoms with Crippen LogP contribution in [-0.4, -0.2) is 52.3 Å². The molecule has 1 amide bonds. The molecule has 1 unspecified atom stereocenters. The van der Waals surface area contributed by atoms with Gasteiger partial charge in [0.1, 0.15) is 0 Å². The lowest BCUT2D eigenvalue weighted by molar-refractivity contribution is -0.137. The van der Waals surface area contributed by atoms with Gasteiger partial charge >= 0.3 is 6.18 Å². The van der Waals surface area contributed by atoms with Crippen molar-refractivity contribution < 1.29 is 18.0 Å². The lowest BCUT2D eigenvalue weighted by atomic mass is 10.0. The Morgan fingerprint density at radius 3 is 2.33 bits per heavy atom. The van der Waals surface area contributed by atoms with Crippen LogP contribution in [-0.2, 0) is 12.6 Å². The number of carbonyl (C=O) groups excluding carboxylic acids is 1. The molecule has 0 aliphatic heterocycles. The average Bonchev–Trinajstić information content (AvgIpc) is 3.22. The molecule has 1 N–H and O–H groups in total. The Balaban J connectivity index is 1.78. The summed E-state index contributed by atoms with van der Waals surface area (Å²) in [6, 6.07) is 12.3. The minimum Gasteiger partial charge on any atom is -0.350 e. The predicted octanol–water partition coefficient (Wildman–Crippen LogP) is 4.31. The van der Waals surface area contributed by atoms with Gasteiger partial charge in [-0.15, -0.1) is 0 Å². The standard InChI is InChI=1S/C24H28F3N5O/c1-16(2)22-20(15-30-32(22)21-11-10-18(13-28-21)24(25,26)27)23(33)29-14-19(31(3)4)12-17-8-6-5-7-9-17/h5-11,13,15-16,19H,12,14H2,1-4H3,(H,29,33). The number of pyridine rings is 1. The normalized spacial score (nSPS) is 12.9. The number of hydrogen-bond donors (Lipinski definition) is 1. The fourth-order valence-corrected chi connectivity index (χ4v) is 3.58. The first-order valence-corrected chi connectivity index (χ1v) is 10.7. The smallest absolute Gasteiger partial charge is 0.350 e. The van der Waals surface area contributed by atoms with E-state index < -0.39 is 11.7 Å². The zero-order chi connectivity index (χ0) is 24.2. The van der Waals surface area contributed by atoms with Gasteiger partial charge in [0.05, 0.1) is 23.0 Å². The zero-order valence-electron chi connectivity index (χ0n) is 19.1. The van der Waals surface area contributed by atoms with Crippen molar-refractivity contribution in [2.75, 3.05) is 20.6 Å². The van der Waals surface area contributed by atoms with Crippen LogP contribution in [0.1, 0.15) is 46.9 Å². The molecular formula is C24H28F3N5O. The number of hydrogen-bond acceptors (Lipinski definition) is 4. The molecule has 3 aromatic rings. The summed E-state index contributed by atoms with van der Waals surface area (Å²) in [6.45, 7) is 4.22. The van der Waals surface area contributed by atoms with Crippen molar-refractivity contribution in [1.29, 1.82) is 0 Å². The monoisotopic (exact) mass is 459 g/mol. The Morgan fingerprint density at radius 1 is 1.09 bits per heavy atom. The first-order chi connectivity index (χ1) is 15.6. The van der Waals surface area contributed by atoms with Gasteiger partial charge in [-0.25, -0.2) is 9.67 Å². The highest BCUT2D eigenvalue weighted by molar-refractivity contribution is 5.95. The molecule has 1 aromatic carbocycles. The lowest BCUT2D eigenvalue weighted by Gasteiger charge is -2.25. The van der Waals surface area contributed by atoms with Crippen LogP contribution in [0, 0.1) is 0 Å². The van der Waals surface area contributed by atoms with Gasteiger partial charge in [0, 0.05) is 18.8 Å². The van der Waals surface area contributed by atoms with E-state index in [-0.39, 0.29) is 23.7 Å². The van der Waals surface area contributed by atoms with Crippen molar-refractivity contribution in [3.05, 3.63) is 77.2 Å². The fourth-order valence-electron chi connectivity index (χ4n) is 3.58. The molecule has 1 atom stereocenters. The van der Waals surface area contributed by atoms with Crippen LogP contribution >= 0.6 is 0 Å². The number of alkyl halides is 3. The summed E-state index contributed by atoms with van der Waals surface area (Å²) in [4.78, 5) is 19.0. The molecule has 176 valence electrons. The second-order valence-electron chi connectivity index (χ2n) is 8.43. The van der Waals surface area contributed by atoms with Gasteiger partial charge in [0.15, 0.2) is 5.82 Å². The Bertz CT molecular complexity index is 1060. The van der Waals surface area contributed by atoms with Crippen molar-refractivity contribution in [3.63, 3.8) is 0 Å². The molecule has 2 heterocycles. The van der Waals surface area contributed by atoms with E-state index in [1.807, 2.05) is 46.1 Å². The maximum absolute atomic E-state index is 13.0. The van der Waals surface area contributed by atoms with Gasteiger partial charge in [-0.2, -0.15) is 18.3 Å². The molecule has 3 rings (SSSR count). The molecule has 0 fully saturated rings. The largest absolute Gasteiger partial charge is 0.417 e. The molecule has 33 heavy (non-hydrogen) atoms. The highest BCUT2D eigenvalue weighted by atomic mass is 19.4. The van der Waals surface area contributed by atoms with Crippen LogP contribution in [0.4, 0.5) is 13.2 Å². The molecule has 0 radical (unpaired) electrons. The maximum atomic E-state index is 13.0. The number of carbonyl (C=O) groups is 1. The summed E-state index contributed by atoms with van der Waals surface area (Å²) in [6.07, 6.45) is -1.48. The van der Waals surface area contributed by atoms with Crippen molar-refractivity contribution in [2.24, 2.45) is 0 Å². The Morgan fingerprint density at radius 2 is 1.79 bits per heavy atom. The van der Waals surface area contributed by atoms with E-state index in [1.54, 1.807) is 0 Å². The molecule has 9 heteroatoms. The highest BCUT2D eigenvalue weighted by Crippen LogP contribution is 2.29. The molecule has 6 nitrogen and oxygen atoms in total. The summed E-state index contributed by atoms with van der Waals surface area (Å²) < 4.78 is 40.0. The van der Waals surface area contributed by atoms with Gasteiger partial charge in [0.25, 0.3) is 5.91 Å². The third kappa shape index (κ3) is 5.98. The van der Waals surface area contributed by atoms with Crippen LogP contribution in [0.15, 0.2) is 54.9 Å². The molecule has 0 aliphatic rings. The molecule has 0 aliphatic carbocycles. The fraction of sp³-hybridized carbons (Fsp3) is 0.375. The van der Waals surface area contributed by atoms with Gasteiger partial charge < -0.3 is 10.2 Å². The van der Waals surface area contributed by atoms with E-state index >= 15 is 0 Å². The second-order valence-corrected chi connectivity index (χ2v) is 8.43. The molecule has 0 spiro atoms. The van der Waals surface area contributed by atoms with E-state index in [0.717, 1.165) is 18.7 Å². The van der Waals surface area contributed by atoms with E-state index in [1.165, 1.54) is 22.5 Å². The topological polar surface area (TPSA) is 63.1 Å². The van der Waals surface area contributed by atoms with Crippen LogP contribution in [0.2, 0.25) is 0 Å². The first-order valence-electron chi connectivity index (χ1n) is 10.7. The summed E-state index contributed by atoms with van der Waals surface area (Å²) in [5, 5.41) is 7.24. The average molecular weight is 460 g/mol. The summed E-state index contributed by atoms with van der Waals surface area (Å²) in [7, 11) is 3.93. The summed E-state index contributed by atoms with van der Waals surface area (Å²) in [5.41, 5.74) is 1.30. The maximum Gasteiger partial charge on any atom is 0.417 e. The molecule has 0 saturated carbocycles. The van der Waals surface area contributed by atoms with Crippen molar-refractivity contribution >= 4 is 5.91 Å². The highest BCUT2D eigenvalue weighted by Gasteiger charge is 2.31. The number of amides is 1. The van der Waals surface area contributed by atoms with Crippen molar-refractivity contribution in [1.82, 2.24) is 25.0 Å². The first kappa shape index (κ1) is 24.4. The van der Waals surface area contributed by atoms with Crippen LogP contribution < -0.4 is 5.32 Å². The second kappa shape index (κ2) is 10.2. The van der Waals surface area contributed by atoms with Crippen molar-refractivity contribution in [3.8, 4) is 5.82 Å². The minimum atomic E-state index is -4.47. The lowest BCUT2D eigenvalue weighted by Crippen LogP contribution is -2.41. The number of likely N-dealkylation sites (N-methyl/N-ethyl adjacent to an activating group) is 1. The third-order valence-electron chi connectivity index (χ3n) is 5.43. The Kier molecular flexibility index (Phi) is 7.53. The van der Waals surface area contributed by atoms with Crippen LogP contribution in [0.25, 0.3) is 5.82 Å². The number of aromatic nitrogens is 3. The summed E-state index contributed by atoms with van der Waals surface area (Å²) >= 11 is 0. The Hall–Kier alpha value is -3.20.